The summed E-state index contributed by atoms with van der Waals surface area (Å²) in [6.45, 7) is 4.04. The molecule has 1 saturated heterocycles. The highest BCUT2D eigenvalue weighted by Crippen LogP contribution is 2.49. The SMILES string of the molecule is Cc1ccnc(OCC23CCCC2CN(c2ncncc2F)C3)n1. The summed E-state index contributed by atoms with van der Waals surface area (Å²) in [6, 6.07) is 2.26. The van der Waals surface area contributed by atoms with Gasteiger partial charge in [-0.1, -0.05) is 6.42 Å². The average molecular weight is 329 g/mol. The van der Waals surface area contributed by atoms with Gasteiger partial charge in [-0.15, -0.1) is 0 Å². The van der Waals surface area contributed by atoms with E-state index in [9.17, 15) is 4.39 Å². The number of hydrogen-bond acceptors (Lipinski definition) is 6. The third-order valence-corrected chi connectivity index (χ3v) is 5.25. The normalized spacial score (nSPS) is 25.8. The molecule has 2 aromatic rings. The Kier molecular flexibility index (Phi) is 3.78. The summed E-state index contributed by atoms with van der Waals surface area (Å²) in [5.74, 6) is 0.512. The van der Waals surface area contributed by atoms with Crippen LogP contribution in [0.15, 0.2) is 24.8 Å². The molecule has 1 aliphatic heterocycles. The molecule has 0 spiro atoms. The van der Waals surface area contributed by atoms with Crippen molar-refractivity contribution in [3.8, 4) is 6.01 Å². The van der Waals surface area contributed by atoms with E-state index in [1.54, 1.807) is 6.20 Å². The van der Waals surface area contributed by atoms with Gasteiger partial charge in [-0.25, -0.2) is 24.3 Å². The van der Waals surface area contributed by atoms with Crippen LogP contribution in [0.3, 0.4) is 0 Å². The third-order valence-electron chi connectivity index (χ3n) is 5.25. The van der Waals surface area contributed by atoms with Crippen molar-refractivity contribution >= 4 is 5.82 Å². The lowest BCUT2D eigenvalue weighted by Crippen LogP contribution is -2.34. The van der Waals surface area contributed by atoms with Gasteiger partial charge in [0, 0.05) is 30.4 Å². The molecule has 2 unspecified atom stereocenters. The molecule has 24 heavy (non-hydrogen) atoms. The number of hydrogen-bond donors (Lipinski definition) is 0. The second-order valence-corrected chi connectivity index (χ2v) is 6.80. The van der Waals surface area contributed by atoms with Gasteiger partial charge in [0.15, 0.2) is 11.6 Å². The summed E-state index contributed by atoms with van der Waals surface area (Å²) < 4.78 is 19.9. The van der Waals surface area contributed by atoms with E-state index in [2.05, 4.69) is 19.9 Å². The van der Waals surface area contributed by atoms with Crippen LogP contribution in [0.4, 0.5) is 10.2 Å². The van der Waals surface area contributed by atoms with Crippen molar-refractivity contribution in [1.29, 1.82) is 0 Å². The first kappa shape index (κ1) is 15.2. The number of aromatic nitrogens is 4. The van der Waals surface area contributed by atoms with Gasteiger partial charge in [-0.05, 0) is 31.7 Å². The molecule has 0 bridgehead atoms. The number of rotatable bonds is 4. The van der Waals surface area contributed by atoms with Crippen molar-refractivity contribution in [2.45, 2.75) is 26.2 Å². The van der Waals surface area contributed by atoms with Crippen LogP contribution in [0, 0.1) is 24.1 Å². The van der Waals surface area contributed by atoms with Crippen LogP contribution in [-0.4, -0.2) is 39.6 Å². The number of halogens is 1. The summed E-state index contributed by atoms with van der Waals surface area (Å²) in [5, 5.41) is 0. The molecule has 0 amide bonds. The second-order valence-electron chi connectivity index (χ2n) is 6.80. The van der Waals surface area contributed by atoms with E-state index < -0.39 is 0 Å². The van der Waals surface area contributed by atoms with Crippen LogP contribution >= 0.6 is 0 Å². The van der Waals surface area contributed by atoms with Gasteiger partial charge in [0.25, 0.3) is 0 Å². The molecular weight excluding hydrogens is 309 g/mol. The zero-order valence-electron chi connectivity index (χ0n) is 13.7. The largest absolute Gasteiger partial charge is 0.463 e. The molecule has 0 N–H and O–H groups in total. The predicted molar refractivity (Wildman–Crippen MR) is 86.2 cm³/mol. The van der Waals surface area contributed by atoms with E-state index in [1.165, 1.54) is 18.9 Å². The van der Waals surface area contributed by atoms with E-state index in [0.717, 1.165) is 31.6 Å². The lowest BCUT2D eigenvalue weighted by molar-refractivity contribution is 0.130. The van der Waals surface area contributed by atoms with E-state index in [1.807, 2.05) is 17.9 Å². The zero-order valence-corrected chi connectivity index (χ0v) is 13.7. The Labute approximate surface area is 140 Å². The Balaban J connectivity index is 1.52. The Bertz CT molecular complexity index is 742. The number of fused-ring (bicyclic) bond motifs is 1. The molecule has 6 nitrogen and oxygen atoms in total. The number of ether oxygens (including phenoxy) is 1. The zero-order chi connectivity index (χ0) is 16.6. The summed E-state index contributed by atoms with van der Waals surface area (Å²) in [4.78, 5) is 18.4. The minimum atomic E-state index is -0.365. The summed E-state index contributed by atoms with van der Waals surface area (Å²) in [6.07, 6.45) is 7.73. The van der Waals surface area contributed by atoms with Crippen molar-refractivity contribution in [1.82, 2.24) is 19.9 Å². The van der Waals surface area contributed by atoms with Crippen molar-refractivity contribution in [3.05, 3.63) is 36.3 Å². The fourth-order valence-electron chi connectivity index (χ4n) is 4.05. The van der Waals surface area contributed by atoms with E-state index in [0.29, 0.717) is 24.4 Å². The highest BCUT2D eigenvalue weighted by atomic mass is 19.1. The number of nitrogens with zero attached hydrogens (tertiary/aromatic N) is 5. The maximum Gasteiger partial charge on any atom is 0.316 e. The molecule has 1 aliphatic carbocycles. The maximum atomic E-state index is 14.0. The van der Waals surface area contributed by atoms with Crippen LogP contribution in [0.25, 0.3) is 0 Å². The van der Waals surface area contributed by atoms with Crippen molar-refractivity contribution in [2.75, 3.05) is 24.6 Å². The van der Waals surface area contributed by atoms with Crippen LogP contribution in [0.1, 0.15) is 25.0 Å². The molecule has 2 atom stereocenters. The van der Waals surface area contributed by atoms with Gasteiger partial charge in [0.05, 0.1) is 12.8 Å². The monoisotopic (exact) mass is 329 g/mol. The smallest absolute Gasteiger partial charge is 0.316 e. The summed E-state index contributed by atoms with van der Waals surface area (Å²) >= 11 is 0. The van der Waals surface area contributed by atoms with Gasteiger partial charge in [-0.2, -0.15) is 0 Å². The average Bonchev–Trinajstić information content (AvgIpc) is 3.11. The lowest BCUT2D eigenvalue weighted by atomic mass is 9.82. The quantitative estimate of drug-likeness (QED) is 0.858. The maximum absolute atomic E-state index is 14.0. The van der Waals surface area contributed by atoms with Crippen molar-refractivity contribution < 1.29 is 9.13 Å². The third kappa shape index (κ3) is 2.68. The Morgan fingerprint density at radius 3 is 3.17 bits per heavy atom. The number of aryl methyl sites for hydroxylation is 1. The van der Waals surface area contributed by atoms with Crippen molar-refractivity contribution in [3.63, 3.8) is 0 Å². The van der Waals surface area contributed by atoms with Gasteiger partial charge >= 0.3 is 6.01 Å². The minimum absolute atomic E-state index is 0.0183. The highest BCUT2D eigenvalue weighted by Gasteiger charge is 2.50. The molecular formula is C17H20FN5O. The predicted octanol–water partition coefficient (Wildman–Crippen LogP) is 2.40. The minimum Gasteiger partial charge on any atom is -0.463 e. The molecule has 0 aromatic carbocycles. The topological polar surface area (TPSA) is 64.0 Å². The fourth-order valence-corrected chi connectivity index (χ4v) is 4.05. The van der Waals surface area contributed by atoms with Crippen LogP contribution in [0.2, 0.25) is 0 Å². The first-order valence-corrected chi connectivity index (χ1v) is 8.29. The van der Waals surface area contributed by atoms with Gasteiger partial charge in [0.1, 0.15) is 6.33 Å². The standard InChI is InChI=1S/C17H20FN5O/c1-12-4-6-20-16(22-12)24-10-17-5-2-3-13(17)8-23(9-17)15-14(18)7-19-11-21-15/h4,6-7,11,13H,2-3,5,8-10H2,1H3. The molecule has 126 valence electrons. The Morgan fingerprint density at radius 1 is 1.42 bits per heavy atom. The van der Waals surface area contributed by atoms with Gasteiger partial charge < -0.3 is 9.64 Å². The number of anilines is 1. The van der Waals surface area contributed by atoms with E-state index in [-0.39, 0.29) is 11.2 Å². The van der Waals surface area contributed by atoms with Crippen molar-refractivity contribution in [2.24, 2.45) is 11.3 Å². The molecule has 2 aromatic heterocycles. The Hall–Kier alpha value is -2.31. The van der Waals surface area contributed by atoms with Crippen LogP contribution in [-0.2, 0) is 0 Å². The second kappa shape index (κ2) is 5.96. The molecule has 4 rings (SSSR count). The summed E-state index contributed by atoms with van der Waals surface area (Å²) in [5.41, 5.74) is 0.904. The molecule has 1 saturated carbocycles. The van der Waals surface area contributed by atoms with E-state index >= 15 is 0 Å². The molecule has 2 fully saturated rings. The molecule has 2 aliphatic rings. The van der Waals surface area contributed by atoms with Crippen LogP contribution in [0.5, 0.6) is 6.01 Å². The molecule has 7 heteroatoms. The van der Waals surface area contributed by atoms with Gasteiger partial charge in [0.2, 0.25) is 0 Å². The fraction of sp³-hybridized carbons (Fsp3) is 0.529. The lowest BCUT2D eigenvalue weighted by Gasteiger charge is -2.28. The molecule has 0 radical (unpaired) electrons. The van der Waals surface area contributed by atoms with Crippen LogP contribution < -0.4 is 9.64 Å². The highest BCUT2D eigenvalue weighted by molar-refractivity contribution is 5.41. The van der Waals surface area contributed by atoms with Gasteiger partial charge in [-0.3, -0.25) is 0 Å². The Morgan fingerprint density at radius 2 is 2.33 bits per heavy atom. The molecule has 3 heterocycles. The first-order chi connectivity index (χ1) is 11.7. The van der Waals surface area contributed by atoms with E-state index in [4.69, 9.17) is 4.74 Å². The summed E-state index contributed by atoms with van der Waals surface area (Å²) in [7, 11) is 0. The first-order valence-electron chi connectivity index (χ1n) is 8.29.